The van der Waals surface area contributed by atoms with Gasteiger partial charge in [-0.25, -0.2) is 13.1 Å². The van der Waals surface area contributed by atoms with Crippen molar-refractivity contribution in [1.29, 1.82) is 0 Å². The Morgan fingerprint density at radius 3 is 2.57 bits per heavy atom. The van der Waals surface area contributed by atoms with Crippen LogP contribution in [-0.4, -0.2) is 27.5 Å². The van der Waals surface area contributed by atoms with Crippen LogP contribution in [0, 0.1) is 0 Å². The molecule has 2 N–H and O–H groups in total. The van der Waals surface area contributed by atoms with Crippen molar-refractivity contribution in [3.05, 3.63) is 29.8 Å². The molecule has 1 aliphatic rings. The van der Waals surface area contributed by atoms with Gasteiger partial charge in [0.1, 0.15) is 0 Å². The Morgan fingerprint density at radius 2 is 2.00 bits per heavy atom. The SMILES string of the molecule is CCCc1ccc(S(=O)(=O)NCC[C@H]2CCCN2)cc1.Cl. The number of rotatable bonds is 7. The molecular weight excluding hydrogens is 308 g/mol. The molecule has 0 aromatic heterocycles. The van der Waals surface area contributed by atoms with Gasteiger partial charge < -0.3 is 5.32 Å². The highest BCUT2D eigenvalue weighted by Gasteiger charge is 2.17. The van der Waals surface area contributed by atoms with Crippen LogP contribution >= 0.6 is 12.4 Å². The minimum absolute atomic E-state index is 0. The molecule has 0 saturated carbocycles. The Kier molecular flexibility index (Phi) is 7.66. The highest BCUT2D eigenvalue weighted by Crippen LogP contribution is 2.13. The fourth-order valence-corrected chi connectivity index (χ4v) is 3.63. The average Bonchev–Trinajstić information content (AvgIpc) is 2.93. The molecule has 0 unspecified atom stereocenters. The predicted molar refractivity (Wildman–Crippen MR) is 88.5 cm³/mol. The normalized spacial score (nSPS) is 18.4. The Hall–Kier alpha value is -0.620. The van der Waals surface area contributed by atoms with Gasteiger partial charge in [-0.15, -0.1) is 12.4 Å². The van der Waals surface area contributed by atoms with E-state index in [4.69, 9.17) is 0 Å². The van der Waals surface area contributed by atoms with Gasteiger partial charge in [-0.1, -0.05) is 25.5 Å². The van der Waals surface area contributed by atoms with Crippen LogP contribution in [0.2, 0.25) is 0 Å². The average molecular weight is 333 g/mol. The van der Waals surface area contributed by atoms with Crippen LogP contribution in [0.15, 0.2) is 29.2 Å². The molecule has 2 rings (SSSR count). The molecule has 1 heterocycles. The minimum Gasteiger partial charge on any atom is -0.314 e. The number of hydrogen-bond donors (Lipinski definition) is 2. The molecule has 1 aromatic carbocycles. The van der Waals surface area contributed by atoms with E-state index in [9.17, 15) is 8.42 Å². The summed E-state index contributed by atoms with van der Waals surface area (Å²) in [5.41, 5.74) is 1.18. The highest BCUT2D eigenvalue weighted by atomic mass is 35.5. The lowest BCUT2D eigenvalue weighted by Gasteiger charge is -2.11. The molecule has 0 amide bonds. The van der Waals surface area contributed by atoms with E-state index in [2.05, 4.69) is 17.0 Å². The quantitative estimate of drug-likeness (QED) is 0.806. The molecule has 4 nitrogen and oxygen atoms in total. The summed E-state index contributed by atoms with van der Waals surface area (Å²) < 4.78 is 27.0. The smallest absolute Gasteiger partial charge is 0.240 e. The Morgan fingerprint density at radius 1 is 1.29 bits per heavy atom. The maximum absolute atomic E-state index is 12.1. The number of aryl methyl sites for hydroxylation is 1. The first-order valence-electron chi connectivity index (χ1n) is 7.44. The molecule has 1 aromatic rings. The predicted octanol–water partition coefficient (Wildman–Crippen LogP) is 2.48. The van der Waals surface area contributed by atoms with Gasteiger partial charge in [0.2, 0.25) is 10.0 Å². The highest BCUT2D eigenvalue weighted by molar-refractivity contribution is 7.89. The van der Waals surface area contributed by atoms with E-state index in [0.717, 1.165) is 32.2 Å². The molecular formula is C15H25ClN2O2S. The van der Waals surface area contributed by atoms with Crippen molar-refractivity contribution in [2.45, 2.75) is 50.0 Å². The van der Waals surface area contributed by atoms with E-state index in [1.807, 2.05) is 12.1 Å². The van der Waals surface area contributed by atoms with Crippen LogP contribution in [0.1, 0.15) is 38.2 Å². The molecule has 6 heteroatoms. The lowest BCUT2D eigenvalue weighted by atomic mass is 10.1. The summed E-state index contributed by atoms with van der Waals surface area (Å²) >= 11 is 0. The molecule has 1 saturated heterocycles. The van der Waals surface area contributed by atoms with Crippen LogP contribution in [-0.2, 0) is 16.4 Å². The number of halogens is 1. The van der Waals surface area contributed by atoms with E-state index < -0.39 is 10.0 Å². The zero-order valence-corrected chi connectivity index (χ0v) is 14.1. The van der Waals surface area contributed by atoms with Gasteiger partial charge in [-0.2, -0.15) is 0 Å². The Labute approximate surface area is 134 Å². The third kappa shape index (κ3) is 5.58. The molecule has 1 atom stereocenters. The topological polar surface area (TPSA) is 58.2 Å². The van der Waals surface area contributed by atoms with Crippen LogP contribution in [0.25, 0.3) is 0 Å². The number of nitrogens with one attached hydrogen (secondary N) is 2. The van der Waals surface area contributed by atoms with Crippen molar-refractivity contribution < 1.29 is 8.42 Å². The first-order chi connectivity index (χ1) is 9.62. The van der Waals surface area contributed by atoms with Crippen molar-refractivity contribution in [3.8, 4) is 0 Å². The summed E-state index contributed by atoms with van der Waals surface area (Å²) in [6.45, 7) is 3.66. The fraction of sp³-hybridized carbons (Fsp3) is 0.600. The second-order valence-corrected chi connectivity index (χ2v) is 7.14. The van der Waals surface area contributed by atoms with Gasteiger partial charge in [0.25, 0.3) is 0 Å². The van der Waals surface area contributed by atoms with Crippen molar-refractivity contribution in [2.24, 2.45) is 0 Å². The second-order valence-electron chi connectivity index (χ2n) is 5.37. The maximum Gasteiger partial charge on any atom is 0.240 e. The summed E-state index contributed by atoms with van der Waals surface area (Å²) in [6.07, 6.45) is 5.25. The molecule has 21 heavy (non-hydrogen) atoms. The van der Waals surface area contributed by atoms with E-state index in [-0.39, 0.29) is 12.4 Å². The monoisotopic (exact) mass is 332 g/mol. The summed E-state index contributed by atoms with van der Waals surface area (Å²) in [4.78, 5) is 0.358. The fourth-order valence-electron chi connectivity index (χ4n) is 2.58. The number of benzene rings is 1. The van der Waals surface area contributed by atoms with Crippen LogP contribution in [0.3, 0.4) is 0 Å². The maximum atomic E-state index is 12.1. The van der Waals surface area contributed by atoms with Crippen molar-refractivity contribution in [3.63, 3.8) is 0 Å². The van der Waals surface area contributed by atoms with E-state index in [0.29, 0.717) is 17.5 Å². The standard InChI is InChI=1S/C15H24N2O2S.ClH/c1-2-4-13-6-8-15(9-7-13)20(18,19)17-12-10-14-5-3-11-16-14;/h6-9,14,16-17H,2-5,10-12H2,1H3;1H/t14-;/m1./s1. The zero-order valence-electron chi connectivity index (χ0n) is 12.5. The molecule has 1 aliphatic heterocycles. The Balaban J connectivity index is 0.00000220. The largest absolute Gasteiger partial charge is 0.314 e. The van der Waals surface area contributed by atoms with Crippen molar-refractivity contribution in [2.75, 3.05) is 13.1 Å². The third-order valence-electron chi connectivity index (χ3n) is 3.72. The number of hydrogen-bond acceptors (Lipinski definition) is 3. The summed E-state index contributed by atoms with van der Waals surface area (Å²) in [7, 11) is -3.36. The number of sulfonamides is 1. The lowest BCUT2D eigenvalue weighted by Crippen LogP contribution is -2.30. The summed E-state index contributed by atoms with van der Waals surface area (Å²) in [5, 5.41) is 3.37. The van der Waals surface area contributed by atoms with Crippen molar-refractivity contribution in [1.82, 2.24) is 10.0 Å². The molecule has 1 fully saturated rings. The van der Waals surface area contributed by atoms with Gasteiger partial charge in [0.05, 0.1) is 4.90 Å². The molecule has 0 bridgehead atoms. The van der Waals surface area contributed by atoms with Gasteiger partial charge in [-0.05, 0) is 49.9 Å². The van der Waals surface area contributed by atoms with Gasteiger partial charge in [-0.3, -0.25) is 0 Å². The van der Waals surface area contributed by atoms with E-state index >= 15 is 0 Å². The third-order valence-corrected chi connectivity index (χ3v) is 5.20. The Bertz CT molecular complexity index is 511. The van der Waals surface area contributed by atoms with Gasteiger partial charge >= 0.3 is 0 Å². The van der Waals surface area contributed by atoms with E-state index in [1.165, 1.54) is 12.0 Å². The first kappa shape index (κ1) is 18.4. The van der Waals surface area contributed by atoms with Gasteiger partial charge in [0.15, 0.2) is 0 Å². The minimum atomic E-state index is -3.36. The van der Waals surface area contributed by atoms with E-state index in [1.54, 1.807) is 12.1 Å². The first-order valence-corrected chi connectivity index (χ1v) is 8.92. The zero-order chi connectivity index (χ0) is 14.4. The second kappa shape index (κ2) is 8.73. The summed E-state index contributed by atoms with van der Waals surface area (Å²) in [5.74, 6) is 0. The lowest BCUT2D eigenvalue weighted by molar-refractivity contribution is 0.539. The molecule has 120 valence electrons. The van der Waals surface area contributed by atoms with Crippen LogP contribution in [0.4, 0.5) is 0 Å². The molecule has 0 spiro atoms. The van der Waals surface area contributed by atoms with Gasteiger partial charge in [0, 0.05) is 12.6 Å². The van der Waals surface area contributed by atoms with Crippen LogP contribution in [0.5, 0.6) is 0 Å². The molecule has 0 aliphatic carbocycles. The van der Waals surface area contributed by atoms with Crippen molar-refractivity contribution >= 4 is 22.4 Å². The molecule has 0 radical (unpaired) electrons. The summed E-state index contributed by atoms with van der Waals surface area (Å²) in [6, 6.07) is 7.65. The van der Waals surface area contributed by atoms with Crippen LogP contribution < -0.4 is 10.0 Å².